The average Bonchev–Trinajstić information content (AvgIpc) is 3.35. The molecule has 1 amide bonds. The number of aromatic nitrogens is 3. The summed E-state index contributed by atoms with van der Waals surface area (Å²) in [6, 6.07) is 18.3. The van der Waals surface area contributed by atoms with Crippen LogP contribution in [0.2, 0.25) is 0 Å². The maximum absolute atomic E-state index is 12.9. The lowest BCUT2D eigenvalue weighted by atomic mass is 10.1. The van der Waals surface area contributed by atoms with Gasteiger partial charge in [-0.25, -0.2) is 0 Å². The van der Waals surface area contributed by atoms with Crippen LogP contribution in [0, 0.1) is 0 Å². The van der Waals surface area contributed by atoms with E-state index in [4.69, 9.17) is 14.0 Å². The molecule has 0 atom stereocenters. The number of ether oxygens (including phenoxy) is 2. The van der Waals surface area contributed by atoms with E-state index >= 15 is 0 Å². The molecule has 0 spiro atoms. The second kappa shape index (κ2) is 10.5. The van der Waals surface area contributed by atoms with Gasteiger partial charge in [0.2, 0.25) is 11.7 Å². The summed E-state index contributed by atoms with van der Waals surface area (Å²) in [5, 5.41) is 6.82. The van der Waals surface area contributed by atoms with Crippen LogP contribution in [0.15, 0.2) is 76.2 Å². The van der Waals surface area contributed by atoms with Gasteiger partial charge in [0.25, 0.3) is 11.4 Å². The number of amides is 1. The summed E-state index contributed by atoms with van der Waals surface area (Å²) in [6.07, 6.45) is 2.26. The van der Waals surface area contributed by atoms with Crippen molar-refractivity contribution in [1.82, 2.24) is 20.0 Å². The van der Waals surface area contributed by atoms with Crippen molar-refractivity contribution in [2.24, 2.45) is 0 Å². The number of carbonyl (C=O) groups excluding carboxylic acids is 1. The first-order chi connectivity index (χ1) is 16.6. The molecule has 0 fully saturated rings. The molecule has 0 aliphatic rings. The molecule has 9 heteroatoms. The summed E-state index contributed by atoms with van der Waals surface area (Å²) in [5.41, 5.74) is 1.58. The second-order valence-corrected chi connectivity index (χ2v) is 7.43. The average molecular weight is 460 g/mol. The molecule has 34 heavy (non-hydrogen) atoms. The van der Waals surface area contributed by atoms with Crippen LogP contribution < -0.4 is 20.3 Å². The molecule has 4 rings (SSSR count). The van der Waals surface area contributed by atoms with Crippen molar-refractivity contribution in [2.75, 3.05) is 20.8 Å². The van der Waals surface area contributed by atoms with Gasteiger partial charge in [0.1, 0.15) is 12.1 Å². The summed E-state index contributed by atoms with van der Waals surface area (Å²) >= 11 is 0. The molecule has 2 aromatic heterocycles. The van der Waals surface area contributed by atoms with E-state index in [1.807, 2.05) is 30.3 Å². The van der Waals surface area contributed by atoms with Gasteiger partial charge < -0.3 is 23.9 Å². The maximum atomic E-state index is 12.9. The predicted molar refractivity (Wildman–Crippen MR) is 126 cm³/mol. The van der Waals surface area contributed by atoms with E-state index < -0.39 is 5.56 Å². The number of hydrogen-bond donors (Lipinski definition) is 1. The maximum Gasteiger partial charge on any atom is 0.263 e. The molecule has 0 aliphatic carbocycles. The first kappa shape index (κ1) is 22.8. The largest absolute Gasteiger partial charge is 0.493 e. The number of nitrogens with one attached hydrogen (secondary N) is 1. The van der Waals surface area contributed by atoms with Gasteiger partial charge in [-0.2, -0.15) is 4.98 Å². The third-order valence-electron chi connectivity index (χ3n) is 5.21. The molecule has 2 aromatic carbocycles. The number of pyridine rings is 1. The lowest BCUT2D eigenvalue weighted by Gasteiger charge is -2.08. The molecule has 0 aliphatic heterocycles. The van der Waals surface area contributed by atoms with Gasteiger partial charge in [-0.1, -0.05) is 35.5 Å². The standard InChI is InChI=1S/C25H24N4O5/c1-32-20-11-10-18(15-21(20)33-2)23-27-24(34-28-23)19-9-6-14-29(25(19)31)16-22(30)26-13-12-17-7-4-3-5-8-17/h3-11,14-15H,12-13,16H2,1-2H3,(H,26,30). The number of rotatable bonds is 9. The van der Waals surface area contributed by atoms with Crippen LogP contribution in [0.4, 0.5) is 0 Å². The Kier molecular flexibility index (Phi) is 7.02. The van der Waals surface area contributed by atoms with Crippen LogP contribution in [0.25, 0.3) is 22.8 Å². The second-order valence-electron chi connectivity index (χ2n) is 7.43. The van der Waals surface area contributed by atoms with Crippen molar-refractivity contribution in [2.45, 2.75) is 13.0 Å². The molecule has 0 radical (unpaired) electrons. The molecule has 0 saturated heterocycles. The van der Waals surface area contributed by atoms with Crippen LogP contribution in [-0.2, 0) is 17.8 Å². The number of nitrogens with zero attached hydrogens (tertiary/aromatic N) is 3. The fourth-order valence-corrected chi connectivity index (χ4v) is 3.45. The Morgan fingerprint density at radius 3 is 2.59 bits per heavy atom. The van der Waals surface area contributed by atoms with Crippen LogP contribution >= 0.6 is 0 Å². The van der Waals surface area contributed by atoms with Gasteiger partial charge >= 0.3 is 0 Å². The third-order valence-corrected chi connectivity index (χ3v) is 5.21. The van der Waals surface area contributed by atoms with Gasteiger partial charge in [0.05, 0.1) is 14.2 Å². The Bertz CT molecular complexity index is 1330. The van der Waals surface area contributed by atoms with E-state index in [-0.39, 0.29) is 23.9 Å². The Balaban J connectivity index is 1.46. The molecular formula is C25H24N4O5. The van der Waals surface area contributed by atoms with E-state index in [1.165, 1.54) is 11.7 Å². The van der Waals surface area contributed by atoms with E-state index in [0.29, 0.717) is 35.9 Å². The highest BCUT2D eigenvalue weighted by Gasteiger charge is 2.17. The summed E-state index contributed by atoms with van der Waals surface area (Å²) in [5.74, 6) is 1.19. The SMILES string of the molecule is COc1ccc(-c2noc(-c3cccn(CC(=O)NCCc4ccccc4)c3=O)n2)cc1OC. The number of hydrogen-bond acceptors (Lipinski definition) is 7. The zero-order valence-electron chi connectivity index (χ0n) is 18.9. The molecule has 0 bridgehead atoms. The smallest absolute Gasteiger partial charge is 0.263 e. The zero-order chi connectivity index (χ0) is 23.9. The minimum atomic E-state index is -0.400. The monoisotopic (exact) mass is 460 g/mol. The Hall–Kier alpha value is -4.40. The van der Waals surface area contributed by atoms with E-state index in [9.17, 15) is 9.59 Å². The minimum Gasteiger partial charge on any atom is -0.493 e. The van der Waals surface area contributed by atoms with Crippen molar-refractivity contribution >= 4 is 5.91 Å². The zero-order valence-corrected chi connectivity index (χ0v) is 18.9. The summed E-state index contributed by atoms with van der Waals surface area (Å²) in [7, 11) is 3.08. The molecular weight excluding hydrogens is 436 g/mol. The van der Waals surface area contributed by atoms with Gasteiger partial charge in [-0.05, 0) is 42.3 Å². The van der Waals surface area contributed by atoms with Crippen molar-refractivity contribution in [3.8, 4) is 34.3 Å². The van der Waals surface area contributed by atoms with Crippen molar-refractivity contribution in [1.29, 1.82) is 0 Å². The van der Waals surface area contributed by atoms with Gasteiger partial charge in [-0.3, -0.25) is 9.59 Å². The fraction of sp³-hybridized carbons (Fsp3) is 0.200. The number of carbonyl (C=O) groups is 1. The highest BCUT2D eigenvalue weighted by molar-refractivity contribution is 5.75. The highest BCUT2D eigenvalue weighted by atomic mass is 16.5. The van der Waals surface area contributed by atoms with E-state index in [0.717, 1.165) is 5.56 Å². The van der Waals surface area contributed by atoms with Crippen LogP contribution in [0.5, 0.6) is 11.5 Å². The van der Waals surface area contributed by atoms with Crippen molar-refractivity contribution in [3.05, 3.63) is 82.8 Å². The van der Waals surface area contributed by atoms with Gasteiger partial charge in [-0.15, -0.1) is 0 Å². The predicted octanol–water partition coefficient (Wildman–Crippen LogP) is 2.94. The van der Waals surface area contributed by atoms with Crippen LogP contribution in [0.1, 0.15) is 5.56 Å². The van der Waals surface area contributed by atoms with E-state index in [2.05, 4.69) is 15.5 Å². The molecule has 2 heterocycles. The Morgan fingerprint density at radius 1 is 1.03 bits per heavy atom. The quantitative estimate of drug-likeness (QED) is 0.409. The lowest BCUT2D eigenvalue weighted by molar-refractivity contribution is -0.121. The first-order valence-electron chi connectivity index (χ1n) is 10.7. The van der Waals surface area contributed by atoms with E-state index in [1.54, 1.807) is 43.6 Å². The number of benzene rings is 2. The molecule has 4 aromatic rings. The van der Waals surface area contributed by atoms with Gasteiger partial charge in [0.15, 0.2) is 11.5 Å². The highest BCUT2D eigenvalue weighted by Crippen LogP contribution is 2.31. The number of methoxy groups -OCH3 is 2. The molecule has 0 saturated carbocycles. The third kappa shape index (κ3) is 5.15. The van der Waals surface area contributed by atoms with Gasteiger partial charge in [0, 0.05) is 18.3 Å². The molecule has 9 nitrogen and oxygen atoms in total. The topological polar surface area (TPSA) is 108 Å². The molecule has 174 valence electrons. The fourth-order valence-electron chi connectivity index (χ4n) is 3.45. The minimum absolute atomic E-state index is 0.0635. The normalized spacial score (nSPS) is 10.6. The van der Waals surface area contributed by atoms with Crippen molar-refractivity contribution < 1.29 is 18.8 Å². The van der Waals surface area contributed by atoms with Crippen LogP contribution in [0.3, 0.4) is 0 Å². The van der Waals surface area contributed by atoms with Crippen molar-refractivity contribution in [3.63, 3.8) is 0 Å². The Morgan fingerprint density at radius 2 is 1.82 bits per heavy atom. The summed E-state index contributed by atoms with van der Waals surface area (Å²) < 4.78 is 17.2. The summed E-state index contributed by atoms with van der Waals surface area (Å²) in [4.78, 5) is 29.7. The first-order valence-corrected chi connectivity index (χ1v) is 10.7. The van der Waals surface area contributed by atoms with Crippen LogP contribution in [-0.4, -0.2) is 41.4 Å². The lowest BCUT2D eigenvalue weighted by Crippen LogP contribution is -2.33. The Labute approximate surface area is 196 Å². The summed E-state index contributed by atoms with van der Waals surface area (Å²) in [6.45, 7) is 0.369. The molecule has 1 N–H and O–H groups in total. The molecule has 0 unspecified atom stereocenters.